The van der Waals surface area contributed by atoms with Gasteiger partial charge in [0, 0.05) is 31.5 Å². The normalized spacial score (nSPS) is 21.5. The molecule has 0 aromatic carbocycles. The number of urea groups is 1. The fraction of sp³-hybridized carbons (Fsp3) is 0.611. The maximum atomic E-state index is 12.8. The first-order valence-corrected chi connectivity index (χ1v) is 9.22. The Hall–Kier alpha value is -2.31. The van der Waals surface area contributed by atoms with Crippen molar-refractivity contribution in [2.45, 2.75) is 58.2 Å². The number of aromatic nitrogens is 4. The van der Waals surface area contributed by atoms with Gasteiger partial charge in [-0.2, -0.15) is 5.10 Å². The van der Waals surface area contributed by atoms with Crippen LogP contribution in [0, 0.1) is 12.8 Å². The number of aryl methyl sites for hydroxylation is 1. The summed E-state index contributed by atoms with van der Waals surface area (Å²) in [4.78, 5) is 19.1. The molecule has 0 bridgehead atoms. The Kier molecular flexibility index (Phi) is 4.23. The quantitative estimate of drug-likeness (QED) is 0.908. The first kappa shape index (κ1) is 16.2. The maximum absolute atomic E-state index is 12.8. The zero-order valence-corrected chi connectivity index (χ0v) is 14.9. The Labute approximate surface area is 148 Å². The molecule has 134 valence electrons. The molecule has 1 aliphatic carbocycles. The summed E-state index contributed by atoms with van der Waals surface area (Å²) in [5.41, 5.74) is 0. The minimum absolute atomic E-state index is 0.0231. The molecule has 2 aliphatic rings. The molecular formula is C18H26N6O. The van der Waals surface area contributed by atoms with E-state index in [0.717, 1.165) is 37.6 Å². The Balaban J connectivity index is 1.43. The van der Waals surface area contributed by atoms with Crippen molar-refractivity contribution in [2.24, 2.45) is 5.92 Å². The molecule has 4 rings (SSSR count). The molecule has 1 saturated carbocycles. The zero-order chi connectivity index (χ0) is 17.4. The standard InChI is InChI=1S/C18H26N6O/c1-13(15-5-6-15)24-17(7-8-20-24)21-18(25)23-10-3-4-16(23)12-22-11-9-19-14(22)2/h7-9,11,13,15-16H,3-6,10,12H2,1-2H3,(H,21,25). The van der Waals surface area contributed by atoms with Crippen LogP contribution in [0.4, 0.5) is 10.6 Å². The van der Waals surface area contributed by atoms with Crippen molar-refractivity contribution >= 4 is 11.8 Å². The SMILES string of the molecule is Cc1nccn1CC1CCCN1C(=O)Nc1ccnn1C(C)C1CC1. The molecule has 2 unspecified atom stereocenters. The van der Waals surface area contributed by atoms with Gasteiger partial charge in [-0.25, -0.2) is 14.5 Å². The number of likely N-dealkylation sites (tertiary alicyclic amines) is 1. The molecule has 2 fully saturated rings. The van der Waals surface area contributed by atoms with Crippen LogP contribution in [0.1, 0.15) is 44.5 Å². The number of rotatable bonds is 5. The molecule has 2 aromatic rings. The topological polar surface area (TPSA) is 68.0 Å². The molecule has 3 heterocycles. The lowest BCUT2D eigenvalue weighted by molar-refractivity contribution is 0.200. The summed E-state index contributed by atoms with van der Waals surface area (Å²) in [5, 5.41) is 7.50. The second-order valence-corrected chi connectivity index (χ2v) is 7.29. The first-order chi connectivity index (χ1) is 12.1. The minimum Gasteiger partial charge on any atom is -0.333 e. The van der Waals surface area contributed by atoms with Gasteiger partial charge in [-0.15, -0.1) is 0 Å². The summed E-state index contributed by atoms with van der Waals surface area (Å²) >= 11 is 0. The van der Waals surface area contributed by atoms with Gasteiger partial charge in [-0.05, 0) is 45.4 Å². The van der Waals surface area contributed by atoms with Crippen LogP contribution >= 0.6 is 0 Å². The van der Waals surface area contributed by atoms with Crippen molar-refractivity contribution in [3.8, 4) is 0 Å². The predicted octanol–water partition coefficient (Wildman–Crippen LogP) is 3.06. The third-order valence-electron chi connectivity index (χ3n) is 5.56. The van der Waals surface area contributed by atoms with Gasteiger partial charge in [0.2, 0.25) is 0 Å². The van der Waals surface area contributed by atoms with E-state index in [1.807, 2.05) is 35.0 Å². The van der Waals surface area contributed by atoms with E-state index in [2.05, 4.69) is 26.9 Å². The number of nitrogens with zero attached hydrogens (tertiary/aromatic N) is 5. The molecule has 25 heavy (non-hydrogen) atoms. The molecular weight excluding hydrogens is 316 g/mol. The lowest BCUT2D eigenvalue weighted by Crippen LogP contribution is -2.41. The number of hydrogen-bond donors (Lipinski definition) is 1. The van der Waals surface area contributed by atoms with Crippen LogP contribution < -0.4 is 5.32 Å². The van der Waals surface area contributed by atoms with Crippen LogP contribution in [0.2, 0.25) is 0 Å². The number of carbonyl (C=O) groups is 1. The first-order valence-electron chi connectivity index (χ1n) is 9.22. The van der Waals surface area contributed by atoms with Crippen molar-refractivity contribution in [1.29, 1.82) is 0 Å². The van der Waals surface area contributed by atoms with E-state index in [1.165, 1.54) is 12.8 Å². The Morgan fingerprint density at radius 3 is 2.92 bits per heavy atom. The van der Waals surface area contributed by atoms with Gasteiger partial charge in [0.15, 0.2) is 0 Å². The van der Waals surface area contributed by atoms with Gasteiger partial charge >= 0.3 is 6.03 Å². The van der Waals surface area contributed by atoms with Gasteiger partial charge in [-0.3, -0.25) is 5.32 Å². The monoisotopic (exact) mass is 342 g/mol. The highest BCUT2D eigenvalue weighted by Gasteiger charge is 2.32. The smallest absolute Gasteiger partial charge is 0.323 e. The average Bonchev–Trinajstić information content (AvgIpc) is 2.97. The van der Waals surface area contributed by atoms with Crippen LogP contribution in [0.5, 0.6) is 0 Å². The third kappa shape index (κ3) is 3.27. The van der Waals surface area contributed by atoms with Gasteiger partial charge < -0.3 is 9.47 Å². The Bertz CT molecular complexity index is 746. The number of imidazole rings is 1. The molecule has 2 amide bonds. The van der Waals surface area contributed by atoms with Crippen molar-refractivity contribution in [3.63, 3.8) is 0 Å². The number of amides is 2. The highest BCUT2D eigenvalue weighted by molar-refractivity contribution is 5.88. The van der Waals surface area contributed by atoms with Crippen molar-refractivity contribution in [2.75, 3.05) is 11.9 Å². The van der Waals surface area contributed by atoms with E-state index in [4.69, 9.17) is 0 Å². The molecule has 1 aliphatic heterocycles. The summed E-state index contributed by atoms with van der Waals surface area (Å²) in [5.74, 6) is 2.48. The predicted molar refractivity (Wildman–Crippen MR) is 95.4 cm³/mol. The minimum atomic E-state index is -0.0231. The van der Waals surface area contributed by atoms with Crippen molar-refractivity contribution in [3.05, 3.63) is 30.5 Å². The molecule has 1 saturated heterocycles. The van der Waals surface area contributed by atoms with Crippen molar-refractivity contribution < 1.29 is 4.79 Å². The second-order valence-electron chi connectivity index (χ2n) is 7.29. The maximum Gasteiger partial charge on any atom is 0.323 e. The molecule has 2 aromatic heterocycles. The summed E-state index contributed by atoms with van der Waals surface area (Å²) in [6.07, 6.45) is 10.2. The van der Waals surface area contributed by atoms with Crippen LogP contribution in [0.15, 0.2) is 24.7 Å². The van der Waals surface area contributed by atoms with Gasteiger partial charge in [0.25, 0.3) is 0 Å². The highest BCUT2D eigenvalue weighted by Crippen LogP contribution is 2.40. The number of anilines is 1. The molecule has 0 spiro atoms. The van der Waals surface area contributed by atoms with Crippen LogP contribution in [0.25, 0.3) is 0 Å². The van der Waals surface area contributed by atoms with E-state index in [1.54, 1.807) is 6.20 Å². The fourth-order valence-electron chi connectivity index (χ4n) is 3.81. The summed E-state index contributed by atoms with van der Waals surface area (Å²) in [7, 11) is 0. The van der Waals surface area contributed by atoms with E-state index in [-0.39, 0.29) is 12.1 Å². The second kappa shape index (κ2) is 6.54. The van der Waals surface area contributed by atoms with E-state index >= 15 is 0 Å². The Morgan fingerprint density at radius 1 is 1.36 bits per heavy atom. The molecule has 2 atom stereocenters. The van der Waals surface area contributed by atoms with Gasteiger partial charge in [-0.1, -0.05) is 0 Å². The van der Waals surface area contributed by atoms with Gasteiger partial charge in [0.05, 0.1) is 18.3 Å². The number of nitrogens with one attached hydrogen (secondary N) is 1. The van der Waals surface area contributed by atoms with Crippen molar-refractivity contribution in [1.82, 2.24) is 24.2 Å². The summed E-state index contributed by atoms with van der Waals surface area (Å²) in [6, 6.07) is 2.42. The number of hydrogen-bond acceptors (Lipinski definition) is 3. The molecule has 1 N–H and O–H groups in total. The number of carbonyl (C=O) groups excluding carboxylic acids is 1. The van der Waals surface area contributed by atoms with Crippen LogP contribution in [-0.2, 0) is 6.54 Å². The van der Waals surface area contributed by atoms with Crippen LogP contribution in [-0.4, -0.2) is 42.8 Å². The molecule has 7 nitrogen and oxygen atoms in total. The average molecular weight is 342 g/mol. The molecule has 0 radical (unpaired) electrons. The lowest BCUT2D eigenvalue weighted by Gasteiger charge is -2.26. The van der Waals surface area contributed by atoms with E-state index in [9.17, 15) is 4.79 Å². The summed E-state index contributed by atoms with van der Waals surface area (Å²) in [6.45, 7) is 5.78. The van der Waals surface area contributed by atoms with Gasteiger partial charge in [0.1, 0.15) is 11.6 Å². The third-order valence-corrected chi connectivity index (χ3v) is 5.56. The zero-order valence-electron chi connectivity index (χ0n) is 14.9. The highest BCUT2D eigenvalue weighted by atomic mass is 16.2. The Morgan fingerprint density at radius 2 is 2.20 bits per heavy atom. The van der Waals surface area contributed by atoms with E-state index < -0.39 is 0 Å². The summed E-state index contributed by atoms with van der Waals surface area (Å²) < 4.78 is 4.08. The fourth-order valence-corrected chi connectivity index (χ4v) is 3.81. The van der Waals surface area contributed by atoms with E-state index in [0.29, 0.717) is 12.0 Å². The lowest BCUT2D eigenvalue weighted by atomic mass is 10.2. The largest absolute Gasteiger partial charge is 0.333 e. The molecule has 7 heteroatoms. The van der Waals surface area contributed by atoms with Crippen LogP contribution in [0.3, 0.4) is 0 Å².